The van der Waals surface area contributed by atoms with E-state index in [1.165, 1.54) is 7.11 Å². The number of carbonyl (C=O) groups excluding carboxylic acids is 1. The van der Waals surface area contributed by atoms with E-state index >= 15 is 0 Å². The smallest absolute Gasteiger partial charge is 0.357 e. The minimum absolute atomic E-state index is 0.305. The molecule has 0 aliphatic carbocycles. The van der Waals surface area contributed by atoms with Crippen LogP contribution in [0.4, 0.5) is 0 Å². The van der Waals surface area contributed by atoms with Gasteiger partial charge in [0, 0.05) is 17.3 Å². The molecule has 19 heavy (non-hydrogen) atoms. The summed E-state index contributed by atoms with van der Waals surface area (Å²) in [6.45, 7) is 2.01. The molecule has 0 aliphatic rings. The molecule has 0 fully saturated rings. The highest BCUT2D eigenvalue weighted by Crippen LogP contribution is 2.24. The molecule has 0 saturated carbocycles. The van der Waals surface area contributed by atoms with Gasteiger partial charge in [-0.15, -0.1) is 11.8 Å². The van der Waals surface area contributed by atoms with E-state index in [1.807, 2.05) is 13.0 Å². The lowest BCUT2D eigenvalue weighted by atomic mass is 10.3. The van der Waals surface area contributed by atoms with E-state index < -0.39 is 5.97 Å². The van der Waals surface area contributed by atoms with E-state index in [-0.39, 0.29) is 0 Å². The number of hydrogen-bond acceptors (Lipinski definition) is 6. The first-order valence-electron chi connectivity index (χ1n) is 5.75. The van der Waals surface area contributed by atoms with Crippen LogP contribution in [0.15, 0.2) is 35.5 Å². The van der Waals surface area contributed by atoms with Crippen molar-refractivity contribution in [2.45, 2.75) is 11.8 Å². The second-order valence-corrected chi connectivity index (χ2v) is 4.85. The highest BCUT2D eigenvalue weighted by Gasteiger charge is 2.16. The quantitative estimate of drug-likeness (QED) is 0.630. The molecule has 5 nitrogen and oxygen atoms in total. The summed E-state index contributed by atoms with van der Waals surface area (Å²) in [5, 5.41) is 0. The Morgan fingerprint density at radius 3 is 2.68 bits per heavy atom. The summed E-state index contributed by atoms with van der Waals surface area (Å²) in [6.07, 6.45) is 3.27. The van der Waals surface area contributed by atoms with Crippen LogP contribution in [0.3, 0.4) is 0 Å². The summed E-state index contributed by atoms with van der Waals surface area (Å²) in [5.41, 5.74) is 0.862. The predicted molar refractivity (Wildman–Crippen MR) is 73.0 cm³/mol. The number of pyridine rings is 1. The van der Waals surface area contributed by atoms with Gasteiger partial charge in [-0.3, -0.25) is 0 Å². The zero-order chi connectivity index (χ0) is 13.7. The number of hydrogen-bond donors (Lipinski definition) is 0. The van der Waals surface area contributed by atoms with Crippen LogP contribution in [0.25, 0.3) is 11.5 Å². The third-order valence-corrected chi connectivity index (χ3v) is 3.26. The summed E-state index contributed by atoms with van der Waals surface area (Å²) in [4.78, 5) is 25.1. The molecule has 0 atom stereocenters. The van der Waals surface area contributed by atoms with Crippen molar-refractivity contribution in [1.82, 2.24) is 15.0 Å². The number of thioether (sulfide) groups is 1. The van der Waals surface area contributed by atoms with Crippen LogP contribution in [0.1, 0.15) is 17.4 Å². The van der Waals surface area contributed by atoms with E-state index in [0.717, 1.165) is 10.6 Å². The van der Waals surface area contributed by atoms with Crippen LogP contribution in [-0.4, -0.2) is 33.8 Å². The molecule has 2 rings (SSSR count). The molecular weight excluding hydrogens is 262 g/mol. The number of methoxy groups -OCH3 is 1. The van der Waals surface area contributed by atoms with Gasteiger partial charge in [0.2, 0.25) is 0 Å². The Morgan fingerprint density at radius 1 is 1.32 bits per heavy atom. The molecule has 2 aromatic heterocycles. The molecule has 0 aromatic carbocycles. The Labute approximate surface area is 115 Å². The summed E-state index contributed by atoms with van der Waals surface area (Å²) < 4.78 is 4.76. The maximum atomic E-state index is 11.8. The van der Waals surface area contributed by atoms with Crippen LogP contribution >= 0.6 is 11.8 Å². The lowest BCUT2D eigenvalue weighted by Crippen LogP contribution is -2.07. The van der Waals surface area contributed by atoms with E-state index in [1.54, 1.807) is 36.3 Å². The lowest BCUT2D eigenvalue weighted by Gasteiger charge is -2.07. The molecule has 0 N–H and O–H groups in total. The second-order valence-electron chi connectivity index (χ2n) is 3.54. The van der Waals surface area contributed by atoms with E-state index in [0.29, 0.717) is 17.2 Å². The Bertz CT molecular complexity index is 575. The number of ether oxygens (including phenoxy) is 1. The molecule has 0 amide bonds. The Kier molecular flexibility index (Phi) is 4.46. The van der Waals surface area contributed by atoms with Gasteiger partial charge in [-0.1, -0.05) is 6.92 Å². The molecule has 0 aliphatic heterocycles. The molecule has 2 heterocycles. The number of rotatable bonds is 4. The monoisotopic (exact) mass is 275 g/mol. The summed E-state index contributed by atoms with van der Waals surface area (Å²) in [6, 6.07) is 5.38. The van der Waals surface area contributed by atoms with Crippen LogP contribution < -0.4 is 0 Å². The van der Waals surface area contributed by atoms with Crippen molar-refractivity contribution >= 4 is 17.7 Å². The average Bonchev–Trinajstić information content (AvgIpc) is 2.48. The number of esters is 1. The molecule has 0 saturated heterocycles. The first-order chi connectivity index (χ1) is 9.26. The molecule has 0 unspecified atom stereocenters. The highest BCUT2D eigenvalue weighted by molar-refractivity contribution is 7.99. The highest BCUT2D eigenvalue weighted by atomic mass is 32.2. The van der Waals surface area contributed by atoms with Crippen molar-refractivity contribution in [3.05, 3.63) is 36.3 Å². The van der Waals surface area contributed by atoms with Crippen LogP contribution in [0.2, 0.25) is 0 Å². The normalized spacial score (nSPS) is 10.2. The maximum Gasteiger partial charge on any atom is 0.357 e. The third kappa shape index (κ3) is 3.08. The molecule has 0 spiro atoms. The van der Waals surface area contributed by atoms with Crippen molar-refractivity contribution in [3.63, 3.8) is 0 Å². The fourth-order valence-corrected chi connectivity index (χ4v) is 2.26. The van der Waals surface area contributed by atoms with E-state index in [9.17, 15) is 4.79 Å². The van der Waals surface area contributed by atoms with Gasteiger partial charge < -0.3 is 4.74 Å². The van der Waals surface area contributed by atoms with Crippen molar-refractivity contribution in [2.75, 3.05) is 12.9 Å². The second kappa shape index (κ2) is 6.29. The van der Waals surface area contributed by atoms with Crippen molar-refractivity contribution in [2.24, 2.45) is 0 Å². The zero-order valence-corrected chi connectivity index (χ0v) is 11.5. The van der Waals surface area contributed by atoms with Crippen LogP contribution in [0.5, 0.6) is 0 Å². The minimum atomic E-state index is -0.450. The topological polar surface area (TPSA) is 65.0 Å². The number of nitrogens with zero attached hydrogens (tertiary/aromatic N) is 3. The fourth-order valence-electron chi connectivity index (χ4n) is 1.52. The fraction of sp³-hybridized carbons (Fsp3) is 0.231. The predicted octanol–water partition coefficient (Wildman–Crippen LogP) is 2.44. The van der Waals surface area contributed by atoms with Gasteiger partial charge in [0.05, 0.1) is 7.11 Å². The molecule has 2 aromatic rings. The van der Waals surface area contributed by atoms with Gasteiger partial charge in [-0.2, -0.15) is 0 Å². The standard InChI is InChI=1S/C13H13N3O2S/c1-3-19-10-6-5-9(12-14-7-4-8-15-12)16-11(10)13(17)18-2/h4-8H,3H2,1-2H3. The van der Waals surface area contributed by atoms with Gasteiger partial charge in [0.25, 0.3) is 0 Å². The molecule has 0 bridgehead atoms. The summed E-state index contributed by atoms with van der Waals surface area (Å²) in [5.74, 6) is 0.891. The molecule has 98 valence electrons. The first kappa shape index (κ1) is 13.5. The minimum Gasteiger partial charge on any atom is -0.464 e. The first-order valence-corrected chi connectivity index (χ1v) is 6.74. The van der Waals surface area contributed by atoms with E-state index in [4.69, 9.17) is 4.74 Å². The average molecular weight is 275 g/mol. The summed E-state index contributed by atoms with van der Waals surface area (Å²) in [7, 11) is 1.34. The van der Waals surface area contributed by atoms with Crippen molar-refractivity contribution < 1.29 is 9.53 Å². The zero-order valence-electron chi connectivity index (χ0n) is 10.7. The van der Waals surface area contributed by atoms with Gasteiger partial charge in [0.15, 0.2) is 11.5 Å². The maximum absolute atomic E-state index is 11.8. The Hall–Kier alpha value is -1.95. The van der Waals surface area contributed by atoms with Crippen LogP contribution in [0, 0.1) is 0 Å². The van der Waals surface area contributed by atoms with Gasteiger partial charge in [-0.25, -0.2) is 19.7 Å². The van der Waals surface area contributed by atoms with E-state index in [2.05, 4.69) is 15.0 Å². The lowest BCUT2D eigenvalue weighted by molar-refractivity contribution is 0.0590. The van der Waals surface area contributed by atoms with Crippen LogP contribution in [-0.2, 0) is 4.74 Å². The molecule has 0 radical (unpaired) electrons. The Balaban J connectivity index is 2.46. The summed E-state index contributed by atoms with van der Waals surface area (Å²) >= 11 is 1.55. The Morgan fingerprint density at radius 2 is 2.05 bits per heavy atom. The SMILES string of the molecule is CCSc1ccc(-c2ncccn2)nc1C(=O)OC. The van der Waals surface area contributed by atoms with Crippen molar-refractivity contribution in [3.8, 4) is 11.5 Å². The van der Waals surface area contributed by atoms with Gasteiger partial charge in [0.1, 0.15) is 5.69 Å². The largest absolute Gasteiger partial charge is 0.464 e. The number of carbonyl (C=O) groups is 1. The van der Waals surface area contributed by atoms with Crippen molar-refractivity contribution in [1.29, 1.82) is 0 Å². The number of aromatic nitrogens is 3. The molecular formula is C13H13N3O2S. The van der Waals surface area contributed by atoms with Gasteiger partial charge >= 0.3 is 5.97 Å². The molecule has 6 heteroatoms. The third-order valence-electron chi connectivity index (χ3n) is 2.33. The van der Waals surface area contributed by atoms with Gasteiger partial charge in [-0.05, 0) is 24.0 Å².